The van der Waals surface area contributed by atoms with Crippen LogP contribution in [0.1, 0.15) is 27.2 Å². The zero-order valence-corrected chi connectivity index (χ0v) is 17.8. The topological polar surface area (TPSA) is 92.1 Å². The molecule has 0 amide bonds. The Hall–Kier alpha value is -2.49. The maximum absolute atomic E-state index is 12.6. The highest BCUT2D eigenvalue weighted by atomic mass is 17.2. The van der Waals surface area contributed by atoms with Crippen LogP contribution in [0.4, 0.5) is 0 Å². The fourth-order valence-electron chi connectivity index (χ4n) is 2.88. The first kappa shape index (κ1) is 22.2. The summed E-state index contributed by atoms with van der Waals surface area (Å²) < 4.78 is 12.4. The molecule has 0 unspecified atom stereocenters. The van der Waals surface area contributed by atoms with Crippen molar-refractivity contribution in [3.8, 4) is 5.75 Å². The van der Waals surface area contributed by atoms with Crippen molar-refractivity contribution in [3.63, 3.8) is 0 Å². The van der Waals surface area contributed by atoms with Crippen LogP contribution in [0.3, 0.4) is 0 Å². The normalized spacial score (nSPS) is 15.3. The lowest BCUT2D eigenvalue weighted by atomic mass is 9.98. The van der Waals surface area contributed by atoms with Crippen LogP contribution in [0, 0.1) is 5.41 Å². The third-order valence-electron chi connectivity index (χ3n) is 4.73. The number of nitrogens with zero attached hydrogens (tertiary/aromatic N) is 3. The molecule has 0 radical (unpaired) electrons. The Bertz CT molecular complexity index is 915. The second-order valence-electron chi connectivity index (χ2n) is 8.22. The Morgan fingerprint density at radius 3 is 2.73 bits per heavy atom. The van der Waals surface area contributed by atoms with E-state index in [0.717, 1.165) is 39.3 Å². The molecule has 3 rings (SSSR count). The number of hydrogen-bond donors (Lipinski definition) is 0. The lowest BCUT2D eigenvalue weighted by Crippen LogP contribution is -2.37. The molecule has 1 saturated heterocycles. The molecule has 1 aromatic carbocycles. The fraction of sp³-hybridized carbons (Fsp3) is 0.571. The summed E-state index contributed by atoms with van der Waals surface area (Å²) in [4.78, 5) is 40.6. The van der Waals surface area contributed by atoms with Crippen molar-refractivity contribution in [2.75, 3.05) is 39.5 Å². The summed E-state index contributed by atoms with van der Waals surface area (Å²) in [6.07, 6.45) is 2.27. The Balaban J connectivity index is 1.53. The molecule has 1 fully saturated rings. The summed E-state index contributed by atoms with van der Waals surface area (Å²) in [5, 5.41) is 0.434. The van der Waals surface area contributed by atoms with Crippen LogP contribution in [0.25, 0.3) is 10.9 Å². The van der Waals surface area contributed by atoms with Gasteiger partial charge in [0.05, 0.1) is 36.1 Å². The van der Waals surface area contributed by atoms with E-state index >= 15 is 0 Å². The minimum absolute atomic E-state index is 0.233. The molecule has 0 saturated carbocycles. The van der Waals surface area contributed by atoms with Gasteiger partial charge in [0.2, 0.25) is 0 Å². The number of morpholine rings is 1. The molecule has 1 aromatic heterocycles. The molecular weight excluding hydrogens is 390 g/mol. The molecule has 0 spiro atoms. The van der Waals surface area contributed by atoms with Crippen molar-refractivity contribution in [1.29, 1.82) is 0 Å². The maximum atomic E-state index is 12.6. The van der Waals surface area contributed by atoms with Crippen LogP contribution >= 0.6 is 0 Å². The highest BCUT2D eigenvalue weighted by molar-refractivity contribution is 5.78. The number of hydrogen-bond acceptors (Lipinski definition) is 8. The summed E-state index contributed by atoms with van der Waals surface area (Å²) in [5.41, 5.74) is -0.440. The number of ether oxygens (including phenoxy) is 2. The Morgan fingerprint density at radius 1 is 1.23 bits per heavy atom. The van der Waals surface area contributed by atoms with E-state index in [0.29, 0.717) is 23.3 Å². The van der Waals surface area contributed by atoms with Gasteiger partial charge in [0.15, 0.2) is 6.73 Å². The van der Waals surface area contributed by atoms with E-state index in [-0.39, 0.29) is 12.3 Å². The predicted octanol–water partition coefficient (Wildman–Crippen LogP) is 1.98. The Morgan fingerprint density at radius 2 is 2.00 bits per heavy atom. The molecule has 2 heterocycles. The molecule has 0 aliphatic carbocycles. The number of carbonyl (C=O) groups excluding carboxylic acids is 1. The number of benzene rings is 1. The van der Waals surface area contributed by atoms with Crippen molar-refractivity contribution < 1.29 is 24.0 Å². The number of fused-ring (bicyclic) bond motifs is 1. The minimum Gasteiger partial charge on any atom is -0.493 e. The molecular formula is C21H29N3O6. The highest BCUT2D eigenvalue weighted by Gasteiger charge is 2.24. The predicted molar refractivity (Wildman–Crippen MR) is 110 cm³/mol. The van der Waals surface area contributed by atoms with Crippen LogP contribution in [-0.4, -0.2) is 59.9 Å². The zero-order valence-electron chi connectivity index (χ0n) is 17.8. The van der Waals surface area contributed by atoms with Gasteiger partial charge in [0.1, 0.15) is 12.1 Å². The maximum Gasteiger partial charge on any atom is 0.347 e. The van der Waals surface area contributed by atoms with E-state index in [4.69, 9.17) is 19.2 Å². The fourth-order valence-corrected chi connectivity index (χ4v) is 2.88. The Labute approximate surface area is 175 Å². The van der Waals surface area contributed by atoms with Gasteiger partial charge < -0.3 is 9.47 Å². The smallest absolute Gasteiger partial charge is 0.347 e. The van der Waals surface area contributed by atoms with Gasteiger partial charge in [0, 0.05) is 25.7 Å². The average molecular weight is 419 g/mol. The summed E-state index contributed by atoms with van der Waals surface area (Å²) >= 11 is 0. The van der Waals surface area contributed by atoms with Crippen molar-refractivity contribution in [2.24, 2.45) is 5.41 Å². The summed E-state index contributed by atoms with van der Waals surface area (Å²) in [5.74, 6) is 0.157. The largest absolute Gasteiger partial charge is 0.493 e. The third kappa shape index (κ3) is 6.01. The minimum atomic E-state index is -0.689. The van der Waals surface area contributed by atoms with Gasteiger partial charge >= 0.3 is 5.97 Å². The Kier molecular flexibility index (Phi) is 7.41. The van der Waals surface area contributed by atoms with Crippen molar-refractivity contribution in [2.45, 2.75) is 33.9 Å². The molecule has 1 aliphatic heterocycles. The van der Waals surface area contributed by atoms with Gasteiger partial charge in [-0.05, 0) is 39.3 Å². The number of rotatable bonds is 8. The van der Waals surface area contributed by atoms with Gasteiger partial charge in [-0.3, -0.25) is 19.1 Å². The lowest BCUT2D eigenvalue weighted by Gasteiger charge is -2.26. The summed E-state index contributed by atoms with van der Waals surface area (Å²) in [7, 11) is 0. The van der Waals surface area contributed by atoms with Crippen molar-refractivity contribution >= 4 is 16.9 Å². The van der Waals surface area contributed by atoms with Crippen LogP contribution in [0.2, 0.25) is 0 Å². The van der Waals surface area contributed by atoms with Gasteiger partial charge in [-0.15, -0.1) is 0 Å². The van der Waals surface area contributed by atoms with Crippen LogP contribution in [-0.2, 0) is 26.0 Å². The average Bonchev–Trinajstić information content (AvgIpc) is 2.73. The molecule has 9 nitrogen and oxygen atoms in total. The summed E-state index contributed by atoms with van der Waals surface area (Å²) in [6.45, 7) is 9.98. The van der Waals surface area contributed by atoms with Crippen molar-refractivity contribution in [3.05, 3.63) is 34.9 Å². The first-order valence-electron chi connectivity index (χ1n) is 10.1. The molecule has 2 aromatic rings. The second kappa shape index (κ2) is 10.0. The third-order valence-corrected chi connectivity index (χ3v) is 4.73. The molecule has 9 heteroatoms. The van der Waals surface area contributed by atoms with E-state index in [1.54, 1.807) is 39.0 Å². The summed E-state index contributed by atoms with van der Waals surface area (Å²) in [6, 6.07) is 5.18. The standard InChI is InChI=1S/C21H29N3O6/c1-21(2,3)20(26)30-29-15-24-14-22-18-13-16(5-6-17(18)19(24)25)28-10-4-7-23-8-11-27-12-9-23/h5-6,13-14H,4,7-12,15H2,1-3H3. The highest BCUT2D eigenvalue weighted by Crippen LogP contribution is 2.17. The SMILES string of the molecule is CC(C)(C)C(=O)OOCn1cnc2cc(OCCCN3CCOCC3)ccc2c1=O. The number of carbonyl (C=O) groups is 1. The monoisotopic (exact) mass is 419 g/mol. The van der Waals surface area contributed by atoms with Gasteiger partial charge in [-0.25, -0.2) is 9.78 Å². The molecule has 1 aliphatic rings. The first-order chi connectivity index (χ1) is 14.3. The molecule has 30 heavy (non-hydrogen) atoms. The molecule has 0 N–H and O–H groups in total. The van der Waals surface area contributed by atoms with E-state index in [9.17, 15) is 9.59 Å². The number of aromatic nitrogens is 2. The lowest BCUT2D eigenvalue weighted by molar-refractivity contribution is -0.298. The zero-order chi connectivity index (χ0) is 21.6. The quantitative estimate of drug-likeness (QED) is 0.364. The molecule has 0 atom stereocenters. The van der Waals surface area contributed by atoms with Crippen molar-refractivity contribution in [1.82, 2.24) is 14.5 Å². The van der Waals surface area contributed by atoms with E-state index in [1.165, 1.54) is 10.9 Å². The molecule has 0 bridgehead atoms. The van der Waals surface area contributed by atoms with E-state index in [1.807, 2.05) is 0 Å². The first-order valence-corrected chi connectivity index (χ1v) is 10.1. The molecule has 164 valence electrons. The second-order valence-corrected chi connectivity index (χ2v) is 8.22. The van der Waals surface area contributed by atoms with Crippen LogP contribution < -0.4 is 10.3 Å². The van der Waals surface area contributed by atoms with Gasteiger partial charge in [0.25, 0.3) is 5.56 Å². The van der Waals surface area contributed by atoms with Gasteiger partial charge in [-0.1, -0.05) is 0 Å². The van der Waals surface area contributed by atoms with Gasteiger partial charge in [-0.2, -0.15) is 4.89 Å². The van der Waals surface area contributed by atoms with Crippen LogP contribution in [0.5, 0.6) is 5.75 Å². The van der Waals surface area contributed by atoms with E-state index in [2.05, 4.69) is 9.88 Å². The van der Waals surface area contributed by atoms with Crippen LogP contribution in [0.15, 0.2) is 29.3 Å². The van der Waals surface area contributed by atoms with E-state index < -0.39 is 11.4 Å².